The zero-order valence-corrected chi connectivity index (χ0v) is 14.5. The molecule has 0 N–H and O–H groups in total. The van der Waals surface area contributed by atoms with E-state index in [1.165, 1.54) is 0 Å². The van der Waals surface area contributed by atoms with Gasteiger partial charge in [0.25, 0.3) is 0 Å². The second-order valence-corrected chi connectivity index (χ2v) is 7.53. The molecule has 2 fully saturated rings. The Bertz CT molecular complexity index is 486. The third-order valence-electron chi connectivity index (χ3n) is 4.61. The van der Waals surface area contributed by atoms with Crippen LogP contribution in [0.5, 0.6) is 0 Å². The number of carbonyl (C=O) groups is 3. The molecule has 0 aromatic rings. The second-order valence-electron chi connectivity index (χ2n) is 7.53. The number of likely N-dealkylation sites (tertiary alicyclic amines) is 1. The van der Waals surface area contributed by atoms with Crippen LogP contribution >= 0.6 is 0 Å². The monoisotopic (exact) mass is 325 g/mol. The van der Waals surface area contributed by atoms with E-state index in [1.807, 2.05) is 20.8 Å². The molecule has 1 atom stereocenters. The molecule has 1 saturated carbocycles. The molecule has 6 heteroatoms. The molecule has 0 unspecified atom stereocenters. The lowest BCUT2D eigenvalue weighted by Gasteiger charge is -2.34. The Balaban J connectivity index is 1.80. The topological polar surface area (TPSA) is 72.9 Å². The minimum Gasteiger partial charge on any atom is -0.466 e. The van der Waals surface area contributed by atoms with Crippen molar-refractivity contribution in [2.24, 2.45) is 11.3 Å². The quantitative estimate of drug-likeness (QED) is 0.586. The highest BCUT2D eigenvalue weighted by molar-refractivity contribution is 5.98. The summed E-state index contributed by atoms with van der Waals surface area (Å²) >= 11 is 0. The Kier molecular flexibility index (Phi) is 5.01. The van der Waals surface area contributed by atoms with Gasteiger partial charge in [0.2, 0.25) is 0 Å². The van der Waals surface area contributed by atoms with E-state index in [0.29, 0.717) is 19.7 Å². The summed E-state index contributed by atoms with van der Waals surface area (Å²) in [5, 5.41) is 0. The number of hydrogen-bond donors (Lipinski definition) is 0. The maximum atomic E-state index is 12.2. The van der Waals surface area contributed by atoms with Crippen molar-refractivity contribution in [1.82, 2.24) is 4.90 Å². The van der Waals surface area contributed by atoms with Gasteiger partial charge in [-0.05, 0) is 52.4 Å². The van der Waals surface area contributed by atoms with Crippen molar-refractivity contribution in [2.45, 2.75) is 59.0 Å². The van der Waals surface area contributed by atoms with E-state index >= 15 is 0 Å². The maximum absolute atomic E-state index is 12.2. The van der Waals surface area contributed by atoms with Crippen LogP contribution in [0, 0.1) is 11.3 Å². The molecule has 2 rings (SSSR count). The van der Waals surface area contributed by atoms with Crippen molar-refractivity contribution in [3.8, 4) is 0 Å². The average Bonchev–Trinajstić information content (AvgIpc) is 3.11. The van der Waals surface area contributed by atoms with Gasteiger partial charge in [0.05, 0.1) is 6.61 Å². The van der Waals surface area contributed by atoms with Crippen LogP contribution in [0.1, 0.15) is 53.4 Å². The Labute approximate surface area is 137 Å². The number of hydrogen-bond acceptors (Lipinski definition) is 5. The van der Waals surface area contributed by atoms with Gasteiger partial charge in [0.1, 0.15) is 17.8 Å². The molecule has 1 saturated heterocycles. The molecule has 130 valence electrons. The van der Waals surface area contributed by atoms with Crippen LogP contribution in [0.2, 0.25) is 0 Å². The van der Waals surface area contributed by atoms with Gasteiger partial charge in [-0.3, -0.25) is 9.59 Å². The SMILES string of the molecule is CCOC(=O)CC(=O)[C@@H]1CC12CCN(C(=O)OC(C)(C)C)CC2. The molecular formula is C17H27NO5. The van der Waals surface area contributed by atoms with Crippen LogP contribution in [0.3, 0.4) is 0 Å². The van der Waals surface area contributed by atoms with Crippen molar-refractivity contribution in [1.29, 1.82) is 0 Å². The van der Waals surface area contributed by atoms with E-state index in [-0.39, 0.29) is 29.6 Å². The second kappa shape index (κ2) is 6.49. The minimum atomic E-state index is -0.496. The summed E-state index contributed by atoms with van der Waals surface area (Å²) in [6, 6.07) is 0. The standard InChI is InChI=1S/C17H27NO5/c1-5-22-14(20)10-13(19)12-11-17(12)6-8-18(9-7-17)15(21)23-16(2,3)4/h12H,5-11H2,1-4H3/t12-/m0/s1. The summed E-state index contributed by atoms with van der Waals surface area (Å²) < 4.78 is 10.2. The Morgan fingerprint density at radius 1 is 1.17 bits per heavy atom. The molecule has 0 aromatic heterocycles. The normalized spacial score (nSPS) is 22.6. The van der Waals surface area contributed by atoms with E-state index in [1.54, 1.807) is 11.8 Å². The van der Waals surface area contributed by atoms with Crippen LogP contribution in [0.4, 0.5) is 4.79 Å². The summed E-state index contributed by atoms with van der Waals surface area (Å²) in [7, 11) is 0. The Morgan fingerprint density at radius 2 is 1.78 bits per heavy atom. The highest BCUT2D eigenvalue weighted by atomic mass is 16.6. The lowest BCUT2D eigenvalue weighted by molar-refractivity contribution is -0.146. The van der Waals surface area contributed by atoms with Gasteiger partial charge in [0, 0.05) is 19.0 Å². The van der Waals surface area contributed by atoms with Crippen molar-refractivity contribution < 1.29 is 23.9 Å². The molecular weight excluding hydrogens is 298 g/mol. The first kappa shape index (κ1) is 17.8. The zero-order chi connectivity index (χ0) is 17.3. The predicted octanol–water partition coefficient (Wildman–Crippen LogP) is 2.55. The maximum Gasteiger partial charge on any atom is 0.410 e. The van der Waals surface area contributed by atoms with Crippen LogP contribution < -0.4 is 0 Å². The molecule has 1 spiro atoms. The number of piperidine rings is 1. The third kappa shape index (κ3) is 4.45. The molecule has 23 heavy (non-hydrogen) atoms. The van der Waals surface area contributed by atoms with E-state index in [4.69, 9.17) is 9.47 Å². The number of ether oxygens (including phenoxy) is 2. The highest BCUT2D eigenvalue weighted by Gasteiger charge is 2.58. The number of ketones is 1. The minimum absolute atomic E-state index is 0.0118. The van der Waals surface area contributed by atoms with Gasteiger partial charge >= 0.3 is 12.1 Å². The van der Waals surface area contributed by atoms with Gasteiger partial charge in [-0.25, -0.2) is 4.79 Å². The number of carbonyl (C=O) groups excluding carboxylic acids is 3. The van der Waals surface area contributed by atoms with Gasteiger partial charge in [-0.15, -0.1) is 0 Å². The van der Waals surface area contributed by atoms with Crippen molar-refractivity contribution in [3.05, 3.63) is 0 Å². The molecule has 2 aliphatic rings. The smallest absolute Gasteiger partial charge is 0.410 e. The third-order valence-corrected chi connectivity index (χ3v) is 4.61. The summed E-state index contributed by atoms with van der Waals surface area (Å²) in [5.74, 6) is -0.507. The Morgan fingerprint density at radius 3 is 2.30 bits per heavy atom. The van der Waals surface area contributed by atoms with E-state index < -0.39 is 11.6 Å². The fourth-order valence-electron chi connectivity index (χ4n) is 3.29. The van der Waals surface area contributed by atoms with Crippen molar-refractivity contribution in [3.63, 3.8) is 0 Å². The first-order valence-corrected chi connectivity index (χ1v) is 8.33. The van der Waals surface area contributed by atoms with E-state index in [0.717, 1.165) is 19.3 Å². The molecule has 6 nitrogen and oxygen atoms in total. The summed E-state index contributed by atoms with van der Waals surface area (Å²) in [6.07, 6.45) is 2.00. The molecule has 1 aliphatic heterocycles. The summed E-state index contributed by atoms with van der Waals surface area (Å²) in [4.78, 5) is 37.3. The number of rotatable bonds is 4. The first-order valence-electron chi connectivity index (χ1n) is 8.33. The number of Topliss-reactive ketones (excluding diaryl/α,β-unsaturated/α-hetero) is 1. The molecule has 1 amide bonds. The van der Waals surface area contributed by atoms with Gasteiger partial charge in [0.15, 0.2) is 0 Å². The Hall–Kier alpha value is -1.59. The van der Waals surface area contributed by atoms with Crippen LogP contribution in [-0.2, 0) is 19.1 Å². The molecule has 0 aromatic carbocycles. The first-order chi connectivity index (χ1) is 10.7. The molecule has 1 aliphatic carbocycles. The number of nitrogens with zero attached hydrogens (tertiary/aromatic N) is 1. The van der Waals surface area contributed by atoms with Gasteiger partial charge < -0.3 is 14.4 Å². The largest absolute Gasteiger partial charge is 0.466 e. The highest BCUT2D eigenvalue weighted by Crippen LogP contribution is 2.60. The number of amides is 1. The average molecular weight is 325 g/mol. The van der Waals surface area contributed by atoms with Crippen LogP contribution in [0.25, 0.3) is 0 Å². The van der Waals surface area contributed by atoms with Crippen molar-refractivity contribution >= 4 is 17.8 Å². The van der Waals surface area contributed by atoms with Crippen LogP contribution in [-0.4, -0.2) is 48.0 Å². The fourth-order valence-corrected chi connectivity index (χ4v) is 3.29. The predicted molar refractivity (Wildman–Crippen MR) is 83.8 cm³/mol. The van der Waals surface area contributed by atoms with E-state index in [2.05, 4.69) is 0 Å². The fraction of sp³-hybridized carbons (Fsp3) is 0.824. The van der Waals surface area contributed by atoms with Gasteiger partial charge in [-0.1, -0.05) is 0 Å². The summed E-state index contributed by atoms with van der Waals surface area (Å²) in [5.41, 5.74) is -0.508. The number of esters is 1. The zero-order valence-electron chi connectivity index (χ0n) is 14.5. The van der Waals surface area contributed by atoms with Gasteiger partial charge in [-0.2, -0.15) is 0 Å². The van der Waals surface area contributed by atoms with Crippen LogP contribution in [0.15, 0.2) is 0 Å². The molecule has 1 heterocycles. The molecule has 0 radical (unpaired) electrons. The lowest BCUT2D eigenvalue weighted by atomic mass is 9.89. The molecule has 0 bridgehead atoms. The lowest BCUT2D eigenvalue weighted by Crippen LogP contribution is -2.42. The van der Waals surface area contributed by atoms with E-state index in [9.17, 15) is 14.4 Å². The summed E-state index contributed by atoms with van der Waals surface area (Å²) in [6.45, 7) is 8.79. The van der Waals surface area contributed by atoms with Crippen molar-refractivity contribution in [2.75, 3.05) is 19.7 Å².